The second-order valence-corrected chi connectivity index (χ2v) is 4.67. The smallest absolute Gasteiger partial charge is 0.311 e. The molecule has 0 aliphatic heterocycles. The molecule has 112 valence electrons. The number of carbonyl (C=O) groups excluding carboxylic acids is 2. The normalized spacial score (nSPS) is 13.4. The van der Waals surface area contributed by atoms with Crippen LogP contribution in [-0.2, 0) is 4.79 Å². The molecule has 0 bridgehead atoms. The van der Waals surface area contributed by atoms with Crippen LogP contribution in [0.1, 0.15) is 23.2 Å². The van der Waals surface area contributed by atoms with Crippen LogP contribution in [0.4, 0.5) is 5.69 Å². The summed E-state index contributed by atoms with van der Waals surface area (Å²) in [6.07, 6.45) is 1.93. The number of nitrogens with one attached hydrogen (secondary N) is 2. The Labute approximate surface area is 120 Å². The minimum absolute atomic E-state index is 0.0722. The number of hydrogen-bond acceptors (Lipinski definition) is 5. The van der Waals surface area contributed by atoms with E-state index in [-0.39, 0.29) is 35.5 Å². The first-order chi connectivity index (χ1) is 10.0. The van der Waals surface area contributed by atoms with E-state index in [1.165, 1.54) is 19.2 Å². The summed E-state index contributed by atoms with van der Waals surface area (Å²) in [5.74, 6) is -0.747. The van der Waals surface area contributed by atoms with Gasteiger partial charge in [-0.15, -0.1) is 0 Å². The molecule has 0 heterocycles. The zero-order valence-electron chi connectivity index (χ0n) is 11.4. The fourth-order valence-electron chi connectivity index (χ4n) is 1.74. The lowest BCUT2D eigenvalue weighted by molar-refractivity contribution is -0.385. The maximum Gasteiger partial charge on any atom is 0.311 e. The Morgan fingerprint density at radius 2 is 2.14 bits per heavy atom. The largest absolute Gasteiger partial charge is 0.490 e. The van der Waals surface area contributed by atoms with Crippen LogP contribution < -0.4 is 15.4 Å². The van der Waals surface area contributed by atoms with Gasteiger partial charge in [0.25, 0.3) is 5.91 Å². The van der Waals surface area contributed by atoms with E-state index in [4.69, 9.17) is 4.74 Å². The summed E-state index contributed by atoms with van der Waals surface area (Å²) in [6.45, 7) is -0.158. The van der Waals surface area contributed by atoms with Gasteiger partial charge in [-0.05, 0) is 25.0 Å². The number of nitro groups is 1. The Balaban J connectivity index is 1.99. The number of amides is 2. The number of carbonyl (C=O) groups is 2. The summed E-state index contributed by atoms with van der Waals surface area (Å²) < 4.78 is 4.85. The van der Waals surface area contributed by atoms with Gasteiger partial charge in [0.1, 0.15) is 0 Å². The second-order valence-electron chi connectivity index (χ2n) is 4.67. The minimum atomic E-state index is -0.630. The van der Waals surface area contributed by atoms with Crippen molar-refractivity contribution < 1.29 is 19.2 Å². The molecule has 2 N–H and O–H groups in total. The molecule has 1 aromatic carbocycles. The Morgan fingerprint density at radius 1 is 1.43 bits per heavy atom. The fourth-order valence-corrected chi connectivity index (χ4v) is 1.74. The number of ether oxygens (including phenoxy) is 1. The van der Waals surface area contributed by atoms with Crippen molar-refractivity contribution in [1.29, 1.82) is 0 Å². The van der Waals surface area contributed by atoms with E-state index >= 15 is 0 Å². The number of rotatable bonds is 6. The van der Waals surface area contributed by atoms with Crippen LogP contribution in [0.3, 0.4) is 0 Å². The molecule has 1 saturated carbocycles. The summed E-state index contributed by atoms with van der Waals surface area (Å²) in [6, 6.07) is 4.08. The summed E-state index contributed by atoms with van der Waals surface area (Å²) in [5, 5.41) is 16.0. The van der Waals surface area contributed by atoms with Crippen LogP contribution in [0.25, 0.3) is 0 Å². The zero-order valence-corrected chi connectivity index (χ0v) is 11.4. The van der Waals surface area contributed by atoms with Gasteiger partial charge in [0, 0.05) is 17.7 Å². The van der Waals surface area contributed by atoms with Crippen molar-refractivity contribution in [2.75, 3.05) is 13.7 Å². The van der Waals surface area contributed by atoms with Crippen molar-refractivity contribution in [3.05, 3.63) is 33.9 Å². The lowest BCUT2D eigenvalue weighted by Crippen LogP contribution is -2.37. The molecule has 0 atom stereocenters. The van der Waals surface area contributed by atoms with E-state index in [0.717, 1.165) is 18.9 Å². The molecule has 0 unspecified atom stereocenters. The average Bonchev–Trinajstić information content (AvgIpc) is 3.27. The van der Waals surface area contributed by atoms with Gasteiger partial charge >= 0.3 is 5.69 Å². The van der Waals surface area contributed by atoms with Gasteiger partial charge in [0.2, 0.25) is 5.91 Å². The highest BCUT2D eigenvalue weighted by atomic mass is 16.6. The van der Waals surface area contributed by atoms with Gasteiger partial charge in [0.05, 0.1) is 18.6 Å². The molecular weight excluding hydrogens is 278 g/mol. The molecule has 8 heteroatoms. The van der Waals surface area contributed by atoms with Crippen molar-refractivity contribution in [2.45, 2.75) is 18.9 Å². The topological polar surface area (TPSA) is 111 Å². The molecule has 0 aromatic heterocycles. The highest BCUT2D eigenvalue weighted by Crippen LogP contribution is 2.27. The molecule has 21 heavy (non-hydrogen) atoms. The maximum absolute atomic E-state index is 11.9. The summed E-state index contributed by atoms with van der Waals surface area (Å²) in [4.78, 5) is 33.6. The standard InChI is InChI=1S/C13H15N3O5/c1-21-11-5-2-8(6-10(11)16(19)20)13(18)14-7-12(17)15-9-3-4-9/h2,5-6,9H,3-4,7H2,1H3,(H,14,18)(H,15,17). The monoisotopic (exact) mass is 293 g/mol. The van der Waals surface area contributed by atoms with Gasteiger partial charge in [-0.1, -0.05) is 0 Å². The molecule has 1 fully saturated rings. The van der Waals surface area contributed by atoms with Crippen molar-refractivity contribution in [2.24, 2.45) is 0 Å². The van der Waals surface area contributed by atoms with Crippen LogP contribution in [0, 0.1) is 10.1 Å². The molecule has 1 aromatic rings. The second kappa shape index (κ2) is 6.21. The predicted octanol–water partition coefficient (Wildman–Crippen LogP) is 0.612. The van der Waals surface area contributed by atoms with Crippen LogP contribution in [0.2, 0.25) is 0 Å². The quantitative estimate of drug-likeness (QED) is 0.590. The van der Waals surface area contributed by atoms with E-state index < -0.39 is 10.8 Å². The third kappa shape index (κ3) is 3.91. The van der Waals surface area contributed by atoms with E-state index in [1.54, 1.807) is 0 Å². The highest BCUT2D eigenvalue weighted by Gasteiger charge is 2.23. The maximum atomic E-state index is 11.9. The lowest BCUT2D eigenvalue weighted by atomic mass is 10.1. The first-order valence-electron chi connectivity index (χ1n) is 6.41. The zero-order chi connectivity index (χ0) is 15.4. The highest BCUT2D eigenvalue weighted by molar-refractivity contribution is 5.97. The summed E-state index contributed by atoms with van der Waals surface area (Å²) in [5.41, 5.74) is -0.200. The van der Waals surface area contributed by atoms with Crippen molar-refractivity contribution in [3.8, 4) is 5.75 Å². The number of benzene rings is 1. The SMILES string of the molecule is COc1ccc(C(=O)NCC(=O)NC2CC2)cc1[N+](=O)[O-]. The van der Waals surface area contributed by atoms with Crippen molar-refractivity contribution >= 4 is 17.5 Å². The molecule has 1 aliphatic rings. The molecule has 0 saturated heterocycles. The van der Waals surface area contributed by atoms with E-state index in [1.807, 2.05) is 0 Å². The Kier molecular flexibility index (Phi) is 4.36. The number of nitrogens with zero attached hydrogens (tertiary/aromatic N) is 1. The van der Waals surface area contributed by atoms with Crippen molar-refractivity contribution in [1.82, 2.24) is 10.6 Å². The Bertz CT molecular complexity index is 583. The van der Waals surface area contributed by atoms with Gasteiger partial charge in [-0.2, -0.15) is 0 Å². The predicted molar refractivity (Wildman–Crippen MR) is 73.1 cm³/mol. The van der Waals surface area contributed by atoms with E-state index in [9.17, 15) is 19.7 Å². The third-order valence-electron chi connectivity index (χ3n) is 2.99. The lowest BCUT2D eigenvalue weighted by Gasteiger charge is -2.07. The van der Waals surface area contributed by atoms with Gasteiger partial charge in [0.15, 0.2) is 5.75 Å². The number of hydrogen-bond donors (Lipinski definition) is 2. The van der Waals surface area contributed by atoms with Crippen LogP contribution in [0.15, 0.2) is 18.2 Å². The molecule has 8 nitrogen and oxygen atoms in total. The fraction of sp³-hybridized carbons (Fsp3) is 0.385. The molecule has 0 spiro atoms. The third-order valence-corrected chi connectivity index (χ3v) is 2.99. The van der Waals surface area contributed by atoms with Crippen LogP contribution in [0.5, 0.6) is 5.75 Å². The van der Waals surface area contributed by atoms with Gasteiger partial charge < -0.3 is 15.4 Å². The van der Waals surface area contributed by atoms with E-state index in [2.05, 4.69) is 10.6 Å². The van der Waals surface area contributed by atoms with Gasteiger partial charge in [-0.3, -0.25) is 19.7 Å². The van der Waals surface area contributed by atoms with Crippen LogP contribution in [-0.4, -0.2) is 36.4 Å². The van der Waals surface area contributed by atoms with E-state index in [0.29, 0.717) is 0 Å². The minimum Gasteiger partial charge on any atom is -0.490 e. The molecule has 2 amide bonds. The molecule has 2 rings (SSSR count). The Morgan fingerprint density at radius 3 is 2.71 bits per heavy atom. The Hall–Kier alpha value is -2.64. The summed E-state index contributed by atoms with van der Waals surface area (Å²) in [7, 11) is 1.31. The first kappa shape index (κ1) is 14.8. The number of nitro benzene ring substituents is 1. The molecular formula is C13H15N3O5. The summed E-state index contributed by atoms with van der Waals surface area (Å²) >= 11 is 0. The van der Waals surface area contributed by atoms with Crippen LogP contribution >= 0.6 is 0 Å². The molecule has 0 radical (unpaired) electrons. The first-order valence-corrected chi connectivity index (χ1v) is 6.41. The average molecular weight is 293 g/mol. The van der Waals surface area contributed by atoms with Crippen molar-refractivity contribution in [3.63, 3.8) is 0 Å². The van der Waals surface area contributed by atoms with Gasteiger partial charge in [-0.25, -0.2) is 0 Å². The number of methoxy groups -OCH3 is 1. The molecule has 1 aliphatic carbocycles.